The van der Waals surface area contributed by atoms with Gasteiger partial charge in [0, 0.05) is 37.6 Å². The summed E-state index contributed by atoms with van der Waals surface area (Å²) in [4.78, 5) is 17.2. The Morgan fingerprint density at radius 3 is 2.42 bits per heavy atom. The van der Waals surface area contributed by atoms with Gasteiger partial charge < -0.3 is 10.2 Å². The van der Waals surface area contributed by atoms with Crippen molar-refractivity contribution in [2.24, 2.45) is 0 Å². The molecule has 4 nitrogen and oxygen atoms in total. The van der Waals surface area contributed by atoms with E-state index in [1.54, 1.807) is 0 Å². The van der Waals surface area contributed by atoms with Crippen LogP contribution in [0.2, 0.25) is 0 Å². The molecule has 1 saturated carbocycles. The second-order valence-corrected chi connectivity index (χ2v) is 6.92. The molecule has 2 aromatic carbocycles. The zero-order valence-corrected chi connectivity index (χ0v) is 14.1. The summed E-state index contributed by atoms with van der Waals surface area (Å²) in [6, 6.07) is 15.0. The van der Waals surface area contributed by atoms with Crippen molar-refractivity contribution in [2.75, 3.05) is 31.5 Å². The zero-order chi connectivity index (χ0) is 16.4. The molecule has 126 valence electrons. The number of amides is 2. The average molecular weight is 323 g/mol. The molecule has 24 heavy (non-hydrogen) atoms. The third kappa shape index (κ3) is 3.11. The maximum atomic E-state index is 12.6. The molecule has 0 spiro atoms. The van der Waals surface area contributed by atoms with E-state index in [2.05, 4.69) is 28.4 Å². The molecule has 1 saturated heterocycles. The van der Waals surface area contributed by atoms with Crippen molar-refractivity contribution in [2.45, 2.75) is 31.7 Å². The second-order valence-electron chi connectivity index (χ2n) is 6.92. The molecule has 0 unspecified atom stereocenters. The Balaban J connectivity index is 1.39. The van der Waals surface area contributed by atoms with Crippen molar-refractivity contribution in [3.8, 4) is 0 Å². The fourth-order valence-corrected chi connectivity index (χ4v) is 4.09. The van der Waals surface area contributed by atoms with Crippen LogP contribution in [-0.2, 0) is 0 Å². The molecule has 0 atom stereocenters. The van der Waals surface area contributed by atoms with Gasteiger partial charge in [0.05, 0.1) is 5.69 Å². The number of fused-ring (bicyclic) bond motifs is 1. The number of nitrogens with one attached hydrogen (secondary N) is 1. The molecular formula is C20H25N3O. The van der Waals surface area contributed by atoms with Crippen molar-refractivity contribution in [3.05, 3.63) is 42.5 Å². The van der Waals surface area contributed by atoms with Gasteiger partial charge in [0.25, 0.3) is 0 Å². The van der Waals surface area contributed by atoms with Crippen LogP contribution < -0.4 is 5.32 Å². The molecule has 1 heterocycles. The molecule has 2 fully saturated rings. The number of anilines is 1. The van der Waals surface area contributed by atoms with E-state index in [1.165, 1.54) is 25.7 Å². The standard InChI is InChI=1S/C20H25N3O/c24-20(21-19-11-5-7-16-6-1-4-10-18(16)19)23-14-12-22(13-15-23)17-8-2-3-9-17/h1,4-7,10-11,17H,2-3,8-9,12-15H2,(H,21,24). The van der Waals surface area contributed by atoms with Crippen LogP contribution in [0, 0.1) is 0 Å². The smallest absolute Gasteiger partial charge is 0.321 e. The van der Waals surface area contributed by atoms with Gasteiger partial charge in [-0.2, -0.15) is 0 Å². The minimum Gasteiger partial charge on any atom is -0.322 e. The minimum absolute atomic E-state index is 0.0254. The maximum Gasteiger partial charge on any atom is 0.321 e. The quantitative estimate of drug-likeness (QED) is 0.909. The van der Waals surface area contributed by atoms with E-state index in [0.717, 1.165) is 48.7 Å². The van der Waals surface area contributed by atoms with Gasteiger partial charge in [-0.3, -0.25) is 4.90 Å². The third-order valence-corrected chi connectivity index (χ3v) is 5.47. The summed E-state index contributed by atoms with van der Waals surface area (Å²) in [6.45, 7) is 3.67. The lowest BCUT2D eigenvalue weighted by molar-refractivity contribution is 0.115. The first-order valence-corrected chi connectivity index (χ1v) is 9.09. The highest BCUT2D eigenvalue weighted by Crippen LogP contribution is 2.25. The lowest BCUT2D eigenvalue weighted by Gasteiger charge is -2.38. The van der Waals surface area contributed by atoms with E-state index < -0.39 is 0 Å². The molecule has 2 aliphatic rings. The summed E-state index contributed by atoms with van der Waals surface area (Å²) in [5, 5.41) is 5.36. The summed E-state index contributed by atoms with van der Waals surface area (Å²) in [6.07, 6.45) is 5.41. The van der Waals surface area contributed by atoms with Crippen molar-refractivity contribution < 1.29 is 4.79 Å². The molecule has 4 rings (SSSR count). The lowest BCUT2D eigenvalue weighted by Crippen LogP contribution is -2.52. The Kier molecular flexibility index (Phi) is 4.39. The molecule has 1 aliphatic carbocycles. The average Bonchev–Trinajstić information content (AvgIpc) is 3.17. The Labute approximate surface area is 143 Å². The van der Waals surface area contributed by atoms with Crippen LogP contribution in [0.4, 0.5) is 10.5 Å². The Morgan fingerprint density at radius 1 is 0.917 bits per heavy atom. The van der Waals surface area contributed by atoms with Crippen LogP contribution in [0.1, 0.15) is 25.7 Å². The highest BCUT2D eigenvalue weighted by Gasteiger charge is 2.27. The van der Waals surface area contributed by atoms with Crippen LogP contribution in [0.5, 0.6) is 0 Å². The van der Waals surface area contributed by atoms with Gasteiger partial charge in [-0.25, -0.2) is 4.79 Å². The number of piperazine rings is 1. The highest BCUT2D eigenvalue weighted by atomic mass is 16.2. The van der Waals surface area contributed by atoms with Gasteiger partial charge in [-0.1, -0.05) is 49.2 Å². The van der Waals surface area contributed by atoms with Crippen molar-refractivity contribution in [1.29, 1.82) is 0 Å². The largest absolute Gasteiger partial charge is 0.322 e. The van der Waals surface area contributed by atoms with Gasteiger partial charge in [0.15, 0.2) is 0 Å². The predicted molar refractivity (Wildman–Crippen MR) is 98.4 cm³/mol. The van der Waals surface area contributed by atoms with Crippen LogP contribution in [-0.4, -0.2) is 48.1 Å². The monoisotopic (exact) mass is 323 g/mol. The molecule has 1 N–H and O–H groups in total. The first-order chi connectivity index (χ1) is 11.8. The summed E-state index contributed by atoms with van der Waals surface area (Å²) in [5.41, 5.74) is 0.899. The maximum absolute atomic E-state index is 12.6. The van der Waals surface area contributed by atoms with Crippen LogP contribution in [0.3, 0.4) is 0 Å². The van der Waals surface area contributed by atoms with Gasteiger partial charge in [0.2, 0.25) is 0 Å². The molecule has 0 bridgehead atoms. The number of rotatable bonds is 2. The lowest BCUT2D eigenvalue weighted by atomic mass is 10.1. The molecule has 0 radical (unpaired) electrons. The normalized spacial score (nSPS) is 19.8. The van der Waals surface area contributed by atoms with E-state index >= 15 is 0 Å². The van der Waals surface area contributed by atoms with Gasteiger partial charge in [-0.05, 0) is 24.3 Å². The fraction of sp³-hybridized carbons (Fsp3) is 0.450. The van der Waals surface area contributed by atoms with Gasteiger partial charge in [0.1, 0.15) is 0 Å². The van der Waals surface area contributed by atoms with Gasteiger partial charge >= 0.3 is 6.03 Å². The fourth-order valence-electron chi connectivity index (χ4n) is 4.09. The number of nitrogens with zero attached hydrogens (tertiary/aromatic N) is 2. The topological polar surface area (TPSA) is 35.6 Å². The summed E-state index contributed by atoms with van der Waals surface area (Å²) in [5.74, 6) is 0. The first-order valence-electron chi connectivity index (χ1n) is 9.09. The van der Waals surface area contributed by atoms with Crippen LogP contribution in [0.25, 0.3) is 10.8 Å². The SMILES string of the molecule is O=C(Nc1cccc2ccccc12)N1CCN(C2CCCC2)CC1. The molecule has 4 heteroatoms. The highest BCUT2D eigenvalue weighted by molar-refractivity contribution is 6.01. The molecule has 0 aromatic heterocycles. The molecule has 1 aliphatic heterocycles. The van der Waals surface area contributed by atoms with Crippen LogP contribution in [0.15, 0.2) is 42.5 Å². The third-order valence-electron chi connectivity index (χ3n) is 5.47. The minimum atomic E-state index is 0.0254. The number of carbonyl (C=O) groups excluding carboxylic acids is 1. The molecule has 2 aromatic rings. The first kappa shape index (κ1) is 15.5. The molecule has 2 amide bonds. The van der Waals surface area contributed by atoms with E-state index in [-0.39, 0.29) is 6.03 Å². The Morgan fingerprint density at radius 2 is 1.62 bits per heavy atom. The predicted octanol–water partition coefficient (Wildman–Crippen LogP) is 3.93. The number of urea groups is 1. The zero-order valence-electron chi connectivity index (χ0n) is 14.1. The second kappa shape index (κ2) is 6.81. The van der Waals surface area contributed by atoms with Gasteiger partial charge in [-0.15, -0.1) is 0 Å². The molecular weight excluding hydrogens is 298 g/mol. The van der Waals surface area contributed by atoms with Crippen molar-refractivity contribution in [1.82, 2.24) is 9.80 Å². The van der Waals surface area contributed by atoms with E-state index in [0.29, 0.717) is 0 Å². The van der Waals surface area contributed by atoms with E-state index in [4.69, 9.17) is 0 Å². The summed E-state index contributed by atoms with van der Waals surface area (Å²) >= 11 is 0. The Bertz CT molecular complexity index is 710. The van der Waals surface area contributed by atoms with Crippen molar-refractivity contribution in [3.63, 3.8) is 0 Å². The van der Waals surface area contributed by atoms with Crippen molar-refractivity contribution >= 4 is 22.5 Å². The number of carbonyl (C=O) groups is 1. The summed E-state index contributed by atoms with van der Waals surface area (Å²) < 4.78 is 0. The number of benzene rings is 2. The van der Waals surface area contributed by atoms with E-state index in [1.807, 2.05) is 29.2 Å². The van der Waals surface area contributed by atoms with Crippen LogP contribution >= 0.6 is 0 Å². The summed E-state index contributed by atoms with van der Waals surface area (Å²) in [7, 11) is 0. The number of hydrogen-bond acceptors (Lipinski definition) is 2. The van der Waals surface area contributed by atoms with E-state index in [9.17, 15) is 4.79 Å². The number of hydrogen-bond donors (Lipinski definition) is 1. The Hall–Kier alpha value is -2.07.